The lowest BCUT2D eigenvalue weighted by atomic mass is 10.2. The van der Waals surface area contributed by atoms with Crippen molar-refractivity contribution in [3.63, 3.8) is 0 Å². The topological polar surface area (TPSA) is 100.0 Å². The van der Waals surface area contributed by atoms with Crippen LogP contribution in [0.3, 0.4) is 0 Å². The van der Waals surface area contributed by atoms with Gasteiger partial charge < -0.3 is 14.2 Å². The van der Waals surface area contributed by atoms with Gasteiger partial charge in [-0.25, -0.2) is 23.9 Å². The van der Waals surface area contributed by atoms with Gasteiger partial charge in [-0.2, -0.15) is 4.90 Å². The molecule has 2 heterocycles. The molecule has 196 valence electrons. The van der Waals surface area contributed by atoms with Crippen molar-refractivity contribution in [2.24, 2.45) is 0 Å². The number of amides is 2. The van der Waals surface area contributed by atoms with Crippen LogP contribution in [0.25, 0.3) is 10.9 Å². The Morgan fingerprint density at radius 1 is 0.868 bits per heavy atom. The molecule has 38 heavy (non-hydrogen) atoms. The number of halogens is 1. The van der Waals surface area contributed by atoms with Crippen LogP contribution in [-0.4, -0.2) is 33.4 Å². The average Bonchev–Trinajstić information content (AvgIpc) is 3.22. The second-order valence-corrected chi connectivity index (χ2v) is 10.4. The van der Waals surface area contributed by atoms with E-state index in [0.29, 0.717) is 19.5 Å². The van der Waals surface area contributed by atoms with E-state index in [1.807, 2.05) is 59.0 Å². The number of fused-ring (bicyclic) bond motifs is 1. The molecule has 2 amide bonds. The van der Waals surface area contributed by atoms with Crippen molar-refractivity contribution in [1.29, 1.82) is 0 Å². The highest BCUT2D eigenvalue weighted by Crippen LogP contribution is 2.27. The Balaban J connectivity index is 1.67. The highest BCUT2D eigenvalue weighted by atomic mass is 127. The number of carbonyl (C=O) groups is 3. The van der Waals surface area contributed by atoms with E-state index >= 15 is 0 Å². The summed E-state index contributed by atoms with van der Waals surface area (Å²) in [5.41, 5.74) is 1.18. The van der Waals surface area contributed by atoms with E-state index in [2.05, 4.69) is 4.98 Å². The van der Waals surface area contributed by atoms with E-state index in [0.717, 1.165) is 11.1 Å². The van der Waals surface area contributed by atoms with Gasteiger partial charge in [-0.3, -0.25) is 0 Å². The number of anilines is 1. The molecule has 0 N–H and O–H groups in total. The minimum Gasteiger partial charge on any atom is -0.444 e. The van der Waals surface area contributed by atoms with E-state index in [1.165, 1.54) is 16.8 Å². The first-order valence-electron chi connectivity index (χ1n) is 11.7. The monoisotopic (exact) mass is 627 g/mol. The van der Waals surface area contributed by atoms with Gasteiger partial charge in [0.2, 0.25) is 0 Å². The van der Waals surface area contributed by atoms with Crippen molar-refractivity contribution in [3.05, 3.63) is 93.8 Å². The Bertz CT molecular complexity index is 1390. The molecular formula is C28H26IN3O6. The third-order valence-corrected chi connectivity index (χ3v) is 6.00. The summed E-state index contributed by atoms with van der Waals surface area (Å²) in [7, 11) is 0. The summed E-state index contributed by atoms with van der Waals surface area (Å²) in [6.45, 7) is 5.18. The molecular weight excluding hydrogens is 601 g/mol. The zero-order valence-electron chi connectivity index (χ0n) is 21.1. The van der Waals surface area contributed by atoms with Gasteiger partial charge in [0, 0.05) is 17.6 Å². The second-order valence-electron chi connectivity index (χ2n) is 9.30. The van der Waals surface area contributed by atoms with Crippen LogP contribution >= 0.6 is 22.6 Å². The van der Waals surface area contributed by atoms with Gasteiger partial charge >= 0.3 is 18.3 Å². The first-order valence-corrected chi connectivity index (χ1v) is 12.8. The maximum Gasteiger partial charge on any atom is 0.425 e. The van der Waals surface area contributed by atoms with Gasteiger partial charge in [-0.15, -0.1) is 0 Å². The molecule has 0 bridgehead atoms. The molecule has 4 aromatic rings. The van der Waals surface area contributed by atoms with E-state index < -0.39 is 23.9 Å². The Hall–Kier alpha value is -3.93. The van der Waals surface area contributed by atoms with Crippen molar-refractivity contribution in [2.75, 3.05) is 4.90 Å². The third kappa shape index (κ3) is 6.68. The lowest BCUT2D eigenvalue weighted by Gasteiger charge is -2.21. The molecule has 0 aliphatic rings. The first kappa shape index (κ1) is 27.1. The zero-order valence-corrected chi connectivity index (χ0v) is 23.2. The maximum absolute atomic E-state index is 13.2. The molecule has 0 aliphatic carbocycles. The zero-order chi connectivity index (χ0) is 27.3. The predicted octanol–water partition coefficient (Wildman–Crippen LogP) is 6.90. The molecule has 0 atom stereocenters. The Kier molecular flexibility index (Phi) is 8.30. The summed E-state index contributed by atoms with van der Waals surface area (Å²) < 4.78 is 18.3. The predicted molar refractivity (Wildman–Crippen MR) is 150 cm³/mol. The molecule has 0 unspecified atom stereocenters. The molecule has 0 saturated carbocycles. The Morgan fingerprint density at radius 3 is 1.89 bits per heavy atom. The molecule has 0 saturated heterocycles. The Morgan fingerprint density at radius 2 is 1.39 bits per heavy atom. The van der Waals surface area contributed by atoms with Crippen molar-refractivity contribution >= 4 is 57.6 Å². The summed E-state index contributed by atoms with van der Waals surface area (Å²) in [6.07, 6.45) is -1.07. The molecule has 0 fully saturated rings. The quantitative estimate of drug-likeness (QED) is 0.175. The number of nitrogens with zero attached hydrogens (tertiary/aromatic N) is 3. The number of ether oxygens (including phenoxy) is 3. The summed E-state index contributed by atoms with van der Waals surface area (Å²) >= 11 is 2.01. The highest BCUT2D eigenvalue weighted by molar-refractivity contribution is 14.1. The maximum atomic E-state index is 13.2. The molecule has 4 rings (SSSR count). The van der Waals surface area contributed by atoms with Gasteiger partial charge in [0.05, 0.1) is 9.22 Å². The lowest BCUT2D eigenvalue weighted by Crippen LogP contribution is -2.38. The van der Waals surface area contributed by atoms with E-state index in [-0.39, 0.29) is 19.0 Å². The third-order valence-electron chi connectivity index (χ3n) is 5.21. The van der Waals surface area contributed by atoms with Crippen LogP contribution in [0.5, 0.6) is 0 Å². The van der Waals surface area contributed by atoms with Crippen molar-refractivity contribution in [2.45, 2.75) is 39.6 Å². The van der Waals surface area contributed by atoms with Crippen molar-refractivity contribution in [3.8, 4) is 0 Å². The van der Waals surface area contributed by atoms with Crippen molar-refractivity contribution < 1.29 is 28.6 Å². The number of hydrogen-bond acceptors (Lipinski definition) is 7. The summed E-state index contributed by atoms with van der Waals surface area (Å²) in [6, 6.07) is 21.4. The fourth-order valence-electron chi connectivity index (χ4n) is 3.50. The van der Waals surface area contributed by atoms with Crippen LogP contribution in [0.1, 0.15) is 31.9 Å². The van der Waals surface area contributed by atoms with Gasteiger partial charge in [0.25, 0.3) is 0 Å². The van der Waals surface area contributed by atoms with Crippen LogP contribution < -0.4 is 4.90 Å². The molecule has 2 aromatic carbocycles. The van der Waals surface area contributed by atoms with E-state index in [4.69, 9.17) is 14.2 Å². The molecule has 0 spiro atoms. The van der Waals surface area contributed by atoms with Gasteiger partial charge in [-0.1, -0.05) is 60.7 Å². The van der Waals surface area contributed by atoms with Crippen LogP contribution in [0, 0.1) is 3.70 Å². The fourth-order valence-corrected chi connectivity index (χ4v) is 4.29. The summed E-state index contributed by atoms with van der Waals surface area (Å²) in [4.78, 5) is 44.3. The standard InChI is InChI=1S/C28H26IN3O6/c1-28(2,3)38-27(35)31-22-15-24(30-16-21(22)14-23(31)29)32(25(33)36-17-19-10-6-4-7-11-19)26(34)37-18-20-12-8-5-9-13-20/h4-16H,17-18H2,1-3H3. The largest absolute Gasteiger partial charge is 0.444 e. The number of pyridine rings is 1. The number of benzene rings is 2. The van der Waals surface area contributed by atoms with Gasteiger partial charge in [0.15, 0.2) is 5.82 Å². The van der Waals surface area contributed by atoms with Crippen LogP contribution in [0.15, 0.2) is 79.0 Å². The molecule has 10 heteroatoms. The van der Waals surface area contributed by atoms with Crippen LogP contribution in [0.4, 0.5) is 20.2 Å². The van der Waals surface area contributed by atoms with E-state index in [1.54, 1.807) is 51.1 Å². The first-order chi connectivity index (χ1) is 18.1. The SMILES string of the molecule is CC(C)(C)OC(=O)n1c(I)cc2cnc(N(C(=O)OCc3ccccc3)C(=O)OCc3ccccc3)cc21. The minimum atomic E-state index is -0.969. The van der Waals surface area contributed by atoms with Gasteiger partial charge in [-0.05, 0) is 60.6 Å². The number of rotatable bonds is 5. The fraction of sp³-hybridized carbons (Fsp3) is 0.214. The van der Waals surface area contributed by atoms with Gasteiger partial charge in [0.1, 0.15) is 18.8 Å². The van der Waals surface area contributed by atoms with E-state index in [9.17, 15) is 14.4 Å². The molecule has 9 nitrogen and oxygen atoms in total. The molecule has 0 aliphatic heterocycles. The van der Waals surface area contributed by atoms with Crippen molar-refractivity contribution in [1.82, 2.24) is 9.55 Å². The molecule has 0 radical (unpaired) electrons. The highest BCUT2D eigenvalue weighted by Gasteiger charge is 2.30. The number of carbonyl (C=O) groups excluding carboxylic acids is 3. The minimum absolute atomic E-state index is 0.0590. The smallest absolute Gasteiger partial charge is 0.425 e. The lowest BCUT2D eigenvalue weighted by molar-refractivity contribution is 0.0540. The average molecular weight is 627 g/mol. The summed E-state index contributed by atoms with van der Waals surface area (Å²) in [5.74, 6) is -0.0621. The summed E-state index contributed by atoms with van der Waals surface area (Å²) in [5, 5.41) is 0.624. The number of imide groups is 1. The number of aromatic nitrogens is 2. The number of hydrogen-bond donors (Lipinski definition) is 0. The second kappa shape index (κ2) is 11.6. The molecule has 2 aromatic heterocycles. The van der Waals surface area contributed by atoms with Crippen LogP contribution in [0.2, 0.25) is 0 Å². The normalized spacial score (nSPS) is 11.2. The Labute approximate surface area is 233 Å². The van der Waals surface area contributed by atoms with Crippen LogP contribution in [-0.2, 0) is 27.4 Å².